The van der Waals surface area contributed by atoms with Gasteiger partial charge in [0, 0.05) is 30.9 Å². The highest BCUT2D eigenvalue weighted by molar-refractivity contribution is 5.86. The fraction of sp³-hybridized carbons (Fsp3) is 0.381. The highest BCUT2D eigenvalue weighted by Gasteiger charge is 2.14. The minimum atomic E-state index is -0.267. The lowest BCUT2D eigenvalue weighted by atomic mass is 10.1. The van der Waals surface area contributed by atoms with Gasteiger partial charge in [0.15, 0.2) is 5.96 Å². The van der Waals surface area contributed by atoms with Crippen LogP contribution in [0.3, 0.4) is 0 Å². The third kappa shape index (κ3) is 7.65. The van der Waals surface area contributed by atoms with Gasteiger partial charge in [-0.2, -0.15) is 0 Å². The molecule has 0 unspecified atom stereocenters. The average molecular weight is 383 g/mol. The second-order valence-electron chi connectivity index (χ2n) is 7.32. The molecule has 1 aromatic carbocycles. The first-order valence-electron chi connectivity index (χ1n) is 9.23. The highest BCUT2D eigenvalue weighted by atomic mass is 16.5. The maximum Gasteiger partial charge on any atom is 0.239 e. The van der Waals surface area contributed by atoms with E-state index in [9.17, 15) is 4.79 Å². The number of pyridine rings is 1. The van der Waals surface area contributed by atoms with Crippen LogP contribution in [0.15, 0.2) is 53.7 Å². The Balaban J connectivity index is 1.88. The number of aliphatic imine (C=N–C) groups is 1. The van der Waals surface area contributed by atoms with E-state index in [2.05, 4.69) is 25.9 Å². The summed E-state index contributed by atoms with van der Waals surface area (Å²) in [5.41, 5.74) is 1.71. The van der Waals surface area contributed by atoms with E-state index in [1.54, 1.807) is 13.2 Å². The Morgan fingerprint density at radius 3 is 2.54 bits per heavy atom. The van der Waals surface area contributed by atoms with Crippen molar-refractivity contribution in [3.8, 4) is 5.88 Å². The molecule has 3 N–H and O–H groups in total. The quantitative estimate of drug-likeness (QED) is 0.504. The maximum absolute atomic E-state index is 11.9. The molecule has 2 rings (SSSR count). The van der Waals surface area contributed by atoms with E-state index in [4.69, 9.17) is 4.74 Å². The van der Waals surface area contributed by atoms with Crippen LogP contribution in [-0.4, -0.2) is 36.0 Å². The van der Waals surface area contributed by atoms with Crippen LogP contribution in [0.1, 0.15) is 31.9 Å². The van der Waals surface area contributed by atoms with Gasteiger partial charge in [0.25, 0.3) is 0 Å². The zero-order valence-corrected chi connectivity index (χ0v) is 17.0. The normalized spacial score (nSPS) is 11.6. The second kappa shape index (κ2) is 10.3. The molecule has 0 atom stereocenters. The van der Waals surface area contributed by atoms with Crippen molar-refractivity contribution in [2.24, 2.45) is 4.99 Å². The van der Waals surface area contributed by atoms with Gasteiger partial charge in [-0.25, -0.2) is 4.98 Å². The average Bonchev–Trinajstić information content (AvgIpc) is 2.66. The number of carbonyl (C=O) groups is 1. The van der Waals surface area contributed by atoms with Gasteiger partial charge in [-0.1, -0.05) is 36.4 Å². The van der Waals surface area contributed by atoms with Gasteiger partial charge in [0.1, 0.15) is 6.61 Å². The zero-order chi connectivity index (χ0) is 20.4. The highest BCUT2D eigenvalue weighted by Crippen LogP contribution is 2.15. The minimum Gasteiger partial charge on any atom is -0.473 e. The Morgan fingerprint density at radius 2 is 1.86 bits per heavy atom. The molecular formula is C21H29N5O2. The van der Waals surface area contributed by atoms with E-state index >= 15 is 0 Å². The molecular weight excluding hydrogens is 354 g/mol. The monoisotopic (exact) mass is 383 g/mol. The molecule has 0 fully saturated rings. The Labute approximate surface area is 166 Å². The Bertz CT molecular complexity index is 785. The lowest BCUT2D eigenvalue weighted by Gasteiger charge is -2.21. The van der Waals surface area contributed by atoms with Gasteiger partial charge in [-0.05, 0) is 32.4 Å². The molecule has 0 aliphatic rings. The molecule has 1 aromatic heterocycles. The maximum atomic E-state index is 11.9. The standard InChI is InChI=1S/C21H29N5O2/c1-21(2,3)26-18(27)14-25-20(22-4)24-13-17-11-8-12-23-19(17)28-15-16-9-6-5-7-10-16/h5-12H,13-15H2,1-4H3,(H,26,27)(H2,22,24,25). The molecule has 0 aliphatic heterocycles. The lowest BCUT2D eigenvalue weighted by Crippen LogP contribution is -2.48. The summed E-state index contributed by atoms with van der Waals surface area (Å²) < 4.78 is 5.87. The number of carbonyl (C=O) groups excluding carboxylic acids is 1. The lowest BCUT2D eigenvalue weighted by molar-refractivity contribution is -0.121. The largest absolute Gasteiger partial charge is 0.473 e. The van der Waals surface area contributed by atoms with Crippen LogP contribution in [0.2, 0.25) is 0 Å². The van der Waals surface area contributed by atoms with Gasteiger partial charge in [-0.15, -0.1) is 0 Å². The smallest absolute Gasteiger partial charge is 0.239 e. The third-order valence-corrected chi connectivity index (χ3v) is 3.67. The van der Waals surface area contributed by atoms with Crippen LogP contribution in [0.5, 0.6) is 5.88 Å². The topological polar surface area (TPSA) is 87.6 Å². The number of aromatic nitrogens is 1. The van der Waals surface area contributed by atoms with Crippen LogP contribution in [0.4, 0.5) is 0 Å². The summed E-state index contributed by atoms with van der Waals surface area (Å²) in [6, 6.07) is 13.7. The summed E-state index contributed by atoms with van der Waals surface area (Å²) >= 11 is 0. The number of hydrogen-bond acceptors (Lipinski definition) is 4. The first kappa shape index (κ1) is 21.2. The second-order valence-corrected chi connectivity index (χ2v) is 7.32. The molecule has 0 saturated carbocycles. The molecule has 7 heteroatoms. The zero-order valence-electron chi connectivity index (χ0n) is 17.0. The minimum absolute atomic E-state index is 0.0938. The van der Waals surface area contributed by atoms with E-state index in [0.717, 1.165) is 11.1 Å². The molecule has 0 aliphatic carbocycles. The van der Waals surface area contributed by atoms with E-state index < -0.39 is 0 Å². The summed E-state index contributed by atoms with van der Waals surface area (Å²) in [4.78, 5) is 20.4. The third-order valence-electron chi connectivity index (χ3n) is 3.67. The molecule has 150 valence electrons. The number of nitrogens with zero attached hydrogens (tertiary/aromatic N) is 2. The molecule has 0 saturated heterocycles. The summed E-state index contributed by atoms with van der Waals surface area (Å²) in [5.74, 6) is 1.01. The molecule has 0 bridgehead atoms. The van der Waals surface area contributed by atoms with Gasteiger partial charge in [-0.3, -0.25) is 9.79 Å². The van der Waals surface area contributed by atoms with E-state index in [1.165, 1.54) is 0 Å². The first-order valence-corrected chi connectivity index (χ1v) is 9.23. The number of benzene rings is 1. The number of ether oxygens (including phenoxy) is 1. The molecule has 1 heterocycles. The fourth-order valence-corrected chi connectivity index (χ4v) is 2.44. The molecule has 28 heavy (non-hydrogen) atoms. The van der Waals surface area contributed by atoms with Crippen molar-refractivity contribution in [3.05, 3.63) is 59.8 Å². The summed E-state index contributed by atoms with van der Waals surface area (Å²) in [5, 5.41) is 9.09. The van der Waals surface area contributed by atoms with Crippen molar-refractivity contribution in [2.45, 2.75) is 39.5 Å². The molecule has 1 amide bonds. The van der Waals surface area contributed by atoms with Crippen molar-refractivity contribution < 1.29 is 9.53 Å². The van der Waals surface area contributed by atoms with Crippen LogP contribution >= 0.6 is 0 Å². The van der Waals surface area contributed by atoms with Crippen molar-refractivity contribution in [3.63, 3.8) is 0 Å². The van der Waals surface area contributed by atoms with Crippen LogP contribution in [-0.2, 0) is 17.9 Å². The SMILES string of the molecule is CN=C(NCC(=O)NC(C)(C)C)NCc1cccnc1OCc1ccccc1. The van der Waals surface area contributed by atoms with E-state index in [1.807, 2.05) is 63.2 Å². The van der Waals surface area contributed by atoms with Crippen molar-refractivity contribution in [1.29, 1.82) is 0 Å². The van der Waals surface area contributed by atoms with Crippen LogP contribution in [0, 0.1) is 0 Å². The number of nitrogens with one attached hydrogen (secondary N) is 3. The van der Waals surface area contributed by atoms with Crippen molar-refractivity contribution >= 4 is 11.9 Å². The van der Waals surface area contributed by atoms with Crippen molar-refractivity contribution in [2.75, 3.05) is 13.6 Å². The fourth-order valence-electron chi connectivity index (χ4n) is 2.44. The van der Waals surface area contributed by atoms with Crippen LogP contribution in [0.25, 0.3) is 0 Å². The van der Waals surface area contributed by atoms with Gasteiger partial charge < -0.3 is 20.7 Å². The van der Waals surface area contributed by atoms with Crippen molar-refractivity contribution in [1.82, 2.24) is 20.9 Å². The number of guanidine groups is 1. The number of amides is 1. The number of hydrogen-bond donors (Lipinski definition) is 3. The number of rotatable bonds is 7. The summed E-state index contributed by atoms with van der Waals surface area (Å²) in [7, 11) is 1.66. The Hall–Kier alpha value is -3.09. The predicted octanol–water partition coefficient (Wildman–Crippen LogP) is 2.24. The van der Waals surface area contributed by atoms with E-state index in [0.29, 0.717) is 25.0 Å². The summed E-state index contributed by atoms with van der Waals surface area (Å²) in [6.07, 6.45) is 1.70. The molecule has 0 radical (unpaired) electrons. The first-order chi connectivity index (χ1) is 13.4. The van der Waals surface area contributed by atoms with Gasteiger partial charge >= 0.3 is 0 Å². The van der Waals surface area contributed by atoms with E-state index in [-0.39, 0.29) is 18.0 Å². The predicted molar refractivity (Wildman–Crippen MR) is 111 cm³/mol. The van der Waals surface area contributed by atoms with Gasteiger partial charge in [0.2, 0.25) is 11.8 Å². The van der Waals surface area contributed by atoms with Crippen LogP contribution < -0.4 is 20.7 Å². The summed E-state index contributed by atoms with van der Waals surface area (Å²) in [6.45, 7) is 6.89. The Morgan fingerprint density at radius 1 is 1.11 bits per heavy atom. The molecule has 0 spiro atoms. The van der Waals surface area contributed by atoms with Gasteiger partial charge in [0.05, 0.1) is 6.54 Å². The molecule has 2 aromatic rings. The molecule has 7 nitrogen and oxygen atoms in total. The Kier molecular flexibility index (Phi) is 7.80.